The predicted octanol–water partition coefficient (Wildman–Crippen LogP) is 2.75. The first kappa shape index (κ1) is 21.4. The Labute approximate surface area is 168 Å². The highest BCUT2D eigenvalue weighted by molar-refractivity contribution is 7.12. The van der Waals surface area contributed by atoms with Gasteiger partial charge in [0.2, 0.25) is 0 Å². The molecule has 0 aliphatic rings. The van der Waals surface area contributed by atoms with Gasteiger partial charge in [-0.3, -0.25) is 9.59 Å². The highest BCUT2D eigenvalue weighted by atomic mass is 32.1. The Morgan fingerprint density at radius 3 is 2.32 bits per heavy atom. The molecule has 7 nitrogen and oxygen atoms in total. The first-order valence-corrected chi connectivity index (χ1v) is 9.74. The van der Waals surface area contributed by atoms with Crippen LogP contribution in [0.1, 0.15) is 23.5 Å². The average molecular weight is 404 g/mol. The maximum Gasteiger partial charge on any atom is 0.329 e. The molecule has 0 radical (unpaired) electrons. The van der Waals surface area contributed by atoms with E-state index in [-0.39, 0.29) is 11.8 Å². The van der Waals surface area contributed by atoms with E-state index in [0.717, 1.165) is 5.69 Å². The Morgan fingerprint density at radius 2 is 1.79 bits per heavy atom. The van der Waals surface area contributed by atoms with E-state index >= 15 is 0 Å². The maximum atomic E-state index is 12.3. The molecule has 0 bridgehead atoms. The standard InChI is InChI=1S/C20H25N3O4S/c1-13(2)18(22-19(25)16-6-5-11-28-16)20(26)27-12-17(24)21-14-7-9-15(10-8-14)23(3)4/h5-11,13,18H,12H2,1-4H3,(H,21,24)(H,22,25)/t18-/m0/s1. The molecule has 28 heavy (non-hydrogen) atoms. The van der Waals surface area contributed by atoms with Crippen molar-refractivity contribution >= 4 is 40.5 Å². The van der Waals surface area contributed by atoms with E-state index < -0.39 is 24.5 Å². The molecular weight excluding hydrogens is 378 g/mol. The molecule has 0 saturated carbocycles. The van der Waals surface area contributed by atoms with Crippen LogP contribution in [0.4, 0.5) is 11.4 Å². The molecule has 1 atom stereocenters. The normalized spacial score (nSPS) is 11.6. The minimum Gasteiger partial charge on any atom is -0.454 e. The van der Waals surface area contributed by atoms with Crippen molar-refractivity contribution in [3.05, 3.63) is 46.7 Å². The van der Waals surface area contributed by atoms with Crippen LogP contribution in [0.5, 0.6) is 0 Å². The molecule has 1 aromatic carbocycles. The van der Waals surface area contributed by atoms with Gasteiger partial charge in [-0.1, -0.05) is 19.9 Å². The lowest BCUT2D eigenvalue weighted by Crippen LogP contribution is -2.45. The van der Waals surface area contributed by atoms with Crippen LogP contribution in [0.25, 0.3) is 0 Å². The minimum atomic E-state index is -0.832. The van der Waals surface area contributed by atoms with Gasteiger partial charge in [-0.25, -0.2) is 4.79 Å². The summed E-state index contributed by atoms with van der Waals surface area (Å²) in [6, 6.07) is 9.89. The zero-order chi connectivity index (χ0) is 20.7. The lowest BCUT2D eigenvalue weighted by Gasteiger charge is -2.20. The molecule has 1 heterocycles. The van der Waals surface area contributed by atoms with Crippen molar-refractivity contribution in [1.29, 1.82) is 0 Å². The Bertz CT molecular complexity index is 801. The summed E-state index contributed by atoms with van der Waals surface area (Å²) in [6.45, 7) is 3.17. The fourth-order valence-electron chi connectivity index (χ4n) is 2.38. The van der Waals surface area contributed by atoms with Gasteiger partial charge in [0, 0.05) is 25.5 Å². The van der Waals surface area contributed by atoms with Gasteiger partial charge in [0.05, 0.1) is 4.88 Å². The number of hydrogen-bond acceptors (Lipinski definition) is 6. The number of hydrogen-bond donors (Lipinski definition) is 2. The second-order valence-electron chi connectivity index (χ2n) is 6.77. The topological polar surface area (TPSA) is 87.7 Å². The van der Waals surface area contributed by atoms with Crippen LogP contribution in [0, 0.1) is 5.92 Å². The van der Waals surface area contributed by atoms with E-state index in [1.165, 1.54) is 11.3 Å². The molecule has 0 unspecified atom stereocenters. The monoisotopic (exact) mass is 403 g/mol. The van der Waals surface area contributed by atoms with Crippen LogP contribution in [0.2, 0.25) is 0 Å². The van der Waals surface area contributed by atoms with E-state index in [2.05, 4.69) is 10.6 Å². The summed E-state index contributed by atoms with van der Waals surface area (Å²) in [6.07, 6.45) is 0. The number of amides is 2. The largest absolute Gasteiger partial charge is 0.454 e. The van der Waals surface area contributed by atoms with E-state index in [9.17, 15) is 14.4 Å². The zero-order valence-electron chi connectivity index (χ0n) is 16.4. The summed E-state index contributed by atoms with van der Waals surface area (Å²) < 4.78 is 5.11. The highest BCUT2D eigenvalue weighted by Crippen LogP contribution is 2.15. The van der Waals surface area contributed by atoms with Crippen molar-refractivity contribution in [2.75, 3.05) is 30.9 Å². The number of carbonyl (C=O) groups is 3. The lowest BCUT2D eigenvalue weighted by molar-refractivity contribution is -0.150. The molecular formula is C20H25N3O4S. The first-order chi connectivity index (χ1) is 13.3. The molecule has 8 heteroatoms. The van der Waals surface area contributed by atoms with Crippen LogP contribution in [-0.4, -0.2) is 44.5 Å². The van der Waals surface area contributed by atoms with Crippen molar-refractivity contribution in [1.82, 2.24) is 5.32 Å². The van der Waals surface area contributed by atoms with Crippen LogP contribution in [0.3, 0.4) is 0 Å². The number of rotatable bonds is 8. The third-order valence-corrected chi connectivity index (χ3v) is 4.83. The number of nitrogens with one attached hydrogen (secondary N) is 2. The Balaban J connectivity index is 1.87. The van der Waals surface area contributed by atoms with Crippen molar-refractivity contribution in [3.8, 4) is 0 Å². The van der Waals surface area contributed by atoms with Gasteiger partial charge < -0.3 is 20.3 Å². The number of carbonyl (C=O) groups excluding carboxylic acids is 3. The van der Waals surface area contributed by atoms with Crippen molar-refractivity contribution < 1.29 is 19.1 Å². The molecule has 2 rings (SSSR count). The highest BCUT2D eigenvalue weighted by Gasteiger charge is 2.27. The van der Waals surface area contributed by atoms with Gasteiger partial charge in [-0.15, -0.1) is 11.3 Å². The van der Waals surface area contributed by atoms with Crippen molar-refractivity contribution in [2.45, 2.75) is 19.9 Å². The van der Waals surface area contributed by atoms with E-state index in [0.29, 0.717) is 10.6 Å². The zero-order valence-corrected chi connectivity index (χ0v) is 17.2. The van der Waals surface area contributed by atoms with E-state index in [1.54, 1.807) is 43.5 Å². The average Bonchev–Trinajstić information content (AvgIpc) is 3.19. The molecule has 1 aromatic heterocycles. The van der Waals surface area contributed by atoms with Crippen LogP contribution >= 0.6 is 11.3 Å². The summed E-state index contributed by atoms with van der Waals surface area (Å²) in [5.41, 5.74) is 1.61. The second-order valence-corrected chi connectivity index (χ2v) is 7.72. The van der Waals surface area contributed by atoms with Gasteiger partial charge in [-0.05, 0) is 41.6 Å². The molecule has 0 aliphatic heterocycles. The van der Waals surface area contributed by atoms with Crippen molar-refractivity contribution in [3.63, 3.8) is 0 Å². The Morgan fingerprint density at radius 1 is 1.11 bits per heavy atom. The number of anilines is 2. The SMILES string of the molecule is CC(C)[C@H](NC(=O)c1cccs1)C(=O)OCC(=O)Nc1ccc(N(C)C)cc1. The van der Waals surface area contributed by atoms with Crippen LogP contribution < -0.4 is 15.5 Å². The summed E-state index contributed by atoms with van der Waals surface area (Å²) in [7, 11) is 3.85. The number of benzene rings is 1. The number of ether oxygens (including phenoxy) is 1. The number of thiophene rings is 1. The van der Waals surface area contributed by atoms with Crippen molar-refractivity contribution in [2.24, 2.45) is 5.92 Å². The molecule has 0 saturated heterocycles. The van der Waals surface area contributed by atoms with Gasteiger partial charge >= 0.3 is 5.97 Å². The van der Waals surface area contributed by atoms with Gasteiger partial charge in [0.1, 0.15) is 6.04 Å². The lowest BCUT2D eigenvalue weighted by atomic mass is 10.0. The quantitative estimate of drug-likeness (QED) is 0.662. The van der Waals surface area contributed by atoms with Gasteiger partial charge in [-0.2, -0.15) is 0 Å². The molecule has 2 N–H and O–H groups in total. The van der Waals surface area contributed by atoms with E-state index in [4.69, 9.17) is 4.74 Å². The molecule has 0 fully saturated rings. The molecule has 0 spiro atoms. The maximum absolute atomic E-state index is 12.3. The summed E-state index contributed by atoms with van der Waals surface area (Å²) in [5, 5.41) is 7.13. The van der Waals surface area contributed by atoms with Crippen LogP contribution in [-0.2, 0) is 14.3 Å². The smallest absolute Gasteiger partial charge is 0.329 e. The Kier molecular flexibility index (Phi) is 7.57. The van der Waals surface area contributed by atoms with Gasteiger partial charge in [0.25, 0.3) is 11.8 Å². The fraction of sp³-hybridized carbons (Fsp3) is 0.350. The third-order valence-electron chi connectivity index (χ3n) is 3.97. The third kappa shape index (κ3) is 6.09. The summed E-state index contributed by atoms with van der Waals surface area (Å²) in [5.74, 6) is -1.61. The van der Waals surface area contributed by atoms with Crippen LogP contribution in [0.15, 0.2) is 41.8 Å². The molecule has 2 amide bonds. The predicted molar refractivity (Wildman–Crippen MR) is 111 cm³/mol. The number of nitrogens with zero attached hydrogens (tertiary/aromatic N) is 1. The molecule has 2 aromatic rings. The van der Waals surface area contributed by atoms with Gasteiger partial charge in [0.15, 0.2) is 6.61 Å². The summed E-state index contributed by atoms with van der Waals surface area (Å²) >= 11 is 1.29. The fourth-order valence-corrected chi connectivity index (χ4v) is 3.01. The van der Waals surface area contributed by atoms with E-state index in [1.807, 2.05) is 31.1 Å². The Hall–Kier alpha value is -2.87. The first-order valence-electron chi connectivity index (χ1n) is 8.86. The second kappa shape index (κ2) is 9.89. The molecule has 150 valence electrons. The molecule has 0 aliphatic carbocycles. The number of esters is 1. The summed E-state index contributed by atoms with van der Waals surface area (Å²) in [4.78, 5) is 39.0. The minimum absolute atomic E-state index is 0.182.